The van der Waals surface area contributed by atoms with Gasteiger partial charge in [-0.2, -0.15) is 18.3 Å². The van der Waals surface area contributed by atoms with Crippen molar-refractivity contribution in [1.82, 2.24) is 10.3 Å². The quantitative estimate of drug-likeness (QED) is 0.157. The number of likely N-dealkylation sites (N-methyl/N-ethyl adjacent to an activating group) is 1. The molecular weight excluding hydrogens is 551 g/mol. The lowest BCUT2D eigenvalue weighted by atomic mass is 9.57. The van der Waals surface area contributed by atoms with Crippen LogP contribution < -0.4 is 16.1 Å². The van der Waals surface area contributed by atoms with Crippen LogP contribution in [0.5, 0.6) is 5.75 Å². The highest BCUT2D eigenvalue weighted by atomic mass is 19.4. The van der Waals surface area contributed by atoms with Gasteiger partial charge in [-0.15, -0.1) is 0 Å². The molecule has 1 fully saturated rings. The summed E-state index contributed by atoms with van der Waals surface area (Å²) in [7, 11) is 6.32. The van der Waals surface area contributed by atoms with Crippen LogP contribution in [-0.4, -0.2) is 102 Å². The lowest BCUT2D eigenvalue weighted by molar-refractivity contribution is -0.153. The topological polar surface area (TPSA) is 189 Å². The Hall–Kier alpha value is -4.11. The molecule has 0 bridgehead atoms. The Morgan fingerprint density at radius 2 is 1.85 bits per heavy atom. The maximum absolute atomic E-state index is 13.9. The first-order valence-corrected chi connectivity index (χ1v) is 12.5. The number of hydrogen-bond donors (Lipinski definition) is 6. The van der Waals surface area contributed by atoms with Gasteiger partial charge in [0.05, 0.1) is 17.8 Å². The number of aliphatic hydroxyl groups excluding tert-OH is 2. The van der Waals surface area contributed by atoms with Gasteiger partial charge in [-0.25, -0.2) is 0 Å². The predicted octanol–water partition coefficient (Wildman–Crippen LogP) is 0.516. The standard InChI is InChI=1S/C26H30F3N5O7/c1-33(2)14-7-11(8-31-32-9-25(27,28)29)19(35)16-12(14)5-10-6-13-18(34(3)4)21(37)17(24(30)40)23(39)26(13,41)22(38)15(10)20(16)36/h7-8,10,13,18,32,35-36,39,41H,5-6,9H2,1-4H3,(H2,30,40)/b31-8+/t10-,13-,18-,26-/m0/s1. The van der Waals surface area contributed by atoms with Crippen molar-refractivity contribution in [3.05, 3.63) is 39.7 Å². The summed E-state index contributed by atoms with van der Waals surface area (Å²) in [5.41, 5.74) is 3.65. The van der Waals surface area contributed by atoms with E-state index < -0.39 is 76.5 Å². The van der Waals surface area contributed by atoms with Gasteiger partial charge in [0.15, 0.2) is 11.4 Å². The normalized spacial score (nSPS) is 26.3. The molecule has 3 aliphatic carbocycles. The van der Waals surface area contributed by atoms with Crippen LogP contribution in [0.25, 0.3) is 5.76 Å². The summed E-state index contributed by atoms with van der Waals surface area (Å²) in [6, 6.07) is 0.240. The van der Waals surface area contributed by atoms with Gasteiger partial charge >= 0.3 is 6.18 Å². The molecule has 1 saturated carbocycles. The molecule has 4 atom stereocenters. The maximum Gasteiger partial charge on any atom is 0.407 e. The Kier molecular flexibility index (Phi) is 7.33. The number of nitrogens with zero attached hydrogens (tertiary/aromatic N) is 3. The summed E-state index contributed by atoms with van der Waals surface area (Å²) in [5.74, 6) is -7.88. The first-order chi connectivity index (χ1) is 18.9. The summed E-state index contributed by atoms with van der Waals surface area (Å²) in [5, 5.41) is 48.5. The number of rotatable bonds is 6. The second kappa shape index (κ2) is 10.1. The Morgan fingerprint density at radius 3 is 2.39 bits per heavy atom. The number of amides is 1. The molecule has 222 valence electrons. The van der Waals surface area contributed by atoms with E-state index in [9.17, 15) is 48.0 Å². The third-order valence-corrected chi connectivity index (χ3v) is 7.78. The lowest BCUT2D eigenvalue weighted by Crippen LogP contribution is -2.65. The number of hydrazone groups is 1. The summed E-state index contributed by atoms with van der Waals surface area (Å²) in [4.78, 5) is 42.2. The molecule has 3 aliphatic rings. The van der Waals surface area contributed by atoms with E-state index in [1.54, 1.807) is 19.0 Å². The monoisotopic (exact) mass is 581 g/mol. The fraction of sp³-hybridized carbons (Fsp3) is 0.462. The smallest absolute Gasteiger partial charge is 0.407 e. The minimum Gasteiger partial charge on any atom is -0.508 e. The van der Waals surface area contributed by atoms with E-state index in [1.165, 1.54) is 25.1 Å². The molecule has 1 amide bonds. The third kappa shape index (κ3) is 4.68. The number of alkyl halides is 3. The van der Waals surface area contributed by atoms with Crippen molar-refractivity contribution < 1.29 is 48.0 Å². The van der Waals surface area contributed by atoms with Crippen LogP contribution in [0.1, 0.15) is 23.1 Å². The van der Waals surface area contributed by atoms with Crippen molar-refractivity contribution >= 4 is 35.1 Å². The third-order valence-electron chi connectivity index (χ3n) is 7.78. The van der Waals surface area contributed by atoms with Gasteiger partial charge in [-0.3, -0.25) is 19.3 Å². The zero-order valence-electron chi connectivity index (χ0n) is 22.6. The number of aromatic hydroxyl groups is 1. The molecule has 0 aliphatic heterocycles. The Balaban J connectivity index is 1.91. The van der Waals surface area contributed by atoms with Gasteiger partial charge in [0.2, 0.25) is 5.78 Å². The molecule has 4 rings (SSSR count). The number of fused-ring (bicyclic) bond motifs is 3. The van der Waals surface area contributed by atoms with Gasteiger partial charge in [0.1, 0.15) is 29.4 Å². The molecule has 0 saturated heterocycles. The van der Waals surface area contributed by atoms with Crippen molar-refractivity contribution in [2.24, 2.45) is 22.7 Å². The molecular formula is C26H30F3N5O7. The first kappa shape index (κ1) is 29.9. The van der Waals surface area contributed by atoms with Crippen LogP contribution >= 0.6 is 0 Å². The molecule has 15 heteroatoms. The molecule has 41 heavy (non-hydrogen) atoms. The fourth-order valence-electron chi connectivity index (χ4n) is 6.06. The maximum atomic E-state index is 13.9. The second-order valence-corrected chi connectivity index (χ2v) is 10.8. The summed E-state index contributed by atoms with van der Waals surface area (Å²) < 4.78 is 37.5. The van der Waals surface area contributed by atoms with Gasteiger partial charge in [0, 0.05) is 36.8 Å². The van der Waals surface area contributed by atoms with Crippen LogP contribution in [0.4, 0.5) is 18.9 Å². The zero-order valence-corrected chi connectivity index (χ0v) is 22.6. The number of primary amides is 1. The predicted molar refractivity (Wildman–Crippen MR) is 140 cm³/mol. The van der Waals surface area contributed by atoms with Crippen molar-refractivity contribution in [1.29, 1.82) is 0 Å². The van der Waals surface area contributed by atoms with Crippen molar-refractivity contribution in [3.63, 3.8) is 0 Å². The fourth-order valence-corrected chi connectivity index (χ4v) is 6.06. The number of halogens is 3. The molecule has 0 heterocycles. The molecule has 12 nitrogen and oxygen atoms in total. The number of phenolic OH excluding ortho intramolecular Hbond substituents is 1. The largest absolute Gasteiger partial charge is 0.508 e. The molecule has 0 spiro atoms. The minimum atomic E-state index is -4.54. The SMILES string of the molecule is CN(C)c1cc(/C=N/NCC(F)(F)F)c(O)c2c1C[C@H]1C[C@H]3[C@H](N(C)C)C(=O)C(C(N)=O)=C(O)[C@@]3(O)C(=O)C1=C2O. The van der Waals surface area contributed by atoms with Crippen molar-refractivity contribution in [2.75, 3.05) is 39.6 Å². The molecule has 0 unspecified atom stereocenters. The number of anilines is 1. The number of nitrogens with two attached hydrogens (primary N) is 1. The number of ketones is 2. The number of carbonyl (C=O) groups excluding carboxylic acids is 3. The molecule has 7 N–H and O–H groups in total. The number of nitrogens with one attached hydrogen (secondary N) is 1. The van der Waals surface area contributed by atoms with Gasteiger partial charge in [-0.05, 0) is 44.5 Å². The summed E-state index contributed by atoms with van der Waals surface area (Å²) in [6.07, 6.45) is -3.64. The van der Waals surface area contributed by atoms with Crippen LogP contribution in [-0.2, 0) is 20.8 Å². The zero-order chi connectivity index (χ0) is 30.8. The second-order valence-electron chi connectivity index (χ2n) is 10.8. The van der Waals surface area contributed by atoms with Crippen molar-refractivity contribution in [2.45, 2.75) is 30.7 Å². The Bertz CT molecular complexity index is 1430. The summed E-state index contributed by atoms with van der Waals surface area (Å²) >= 11 is 0. The van der Waals surface area contributed by atoms with E-state index in [0.29, 0.717) is 11.3 Å². The highest BCUT2D eigenvalue weighted by Crippen LogP contribution is 2.54. The van der Waals surface area contributed by atoms with Crippen LogP contribution in [0.15, 0.2) is 28.1 Å². The number of aliphatic hydroxyl groups is 3. The average Bonchev–Trinajstić information content (AvgIpc) is 2.83. The number of Topliss-reactive ketones (excluding diaryl/α,β-unsaturated/α-hetero) is 2. The van der Waals surface area contributed by atoms with Gasteiger partial charge < -0.3 is 36.5 Å². The lowest BCUT2D eigenvalue weighted by Gasteiger charge is -2.50. The van der Waals surface area contributed by atoms with E-state index >= 15 is 0 Å². The molecule has 1 aromatic rings. The number of hydrogen-bond acceptors (Lipinski definition) is 11. The Labute approximate surface area is 232 Å². The van der Waals surface area contributed by atoms with Crippen LogP contribution in [0.3, 0.4) is 0 Å². The number of benzene rings is 1. The van der Waals surface area contributed by atoms with Crippen LogP contribution in [0.2, 0.25) is 0 Å². The van der Waals surface area contributed by atoms with Crippen molar-refractivity contribution in [3.8, 4) is 5.75 Å². The average molecular weight is 582 g/mol. The summed E-state index contributed by atoms with van der Waals surface area (Å²) in [6.45, 7) is -1.43. The number of phenols is 1. The highest BCUT2D eigenvalue weighted by molar-refractivity contribution is 6.24. The van der Waals surface area contributed by atoms with E-state index in [-0.39, 0.29) is 29.5 Å². The molecule has 1 aromatic carbocycles. The number of carbonyl (C=O) groups is 3. The van der Waals surface area contributed by atoms with E-state index in [1.807, 2.05) is 5.43 Å². The van der Waals surface area contributed by atoms with E-state index in [0.717, 1.165) is 6.21 Å². The van der Waals surface area contributed by atoms with E-state index in [4.69, 9.17) is 5.73 Å². The van der Waals surface area contributed by atoms with Gasteiger partial charge in [0.25, 0.3) is 5.91 Å². The molecule has 0 aromatic heterocycles. The molecule has 0 radical (unpaired) electrons. The first-order valence-electron chi connectivity index (χ1n) is 12.5. The van der Waals surface area contributed by atoms with E-state index in [2.05, 4.69) is 5.10 Å². The minimum absolute atomic E-state index is 0.0549. The van der Waals surface area contributed by atoms with Crippen LogP contribution in [0, 0.1) is 11.8 Å². The Morgan fingerprint density at radius 1 is 1.22 bits per heavy atom. The highest BCUT2D eigenvalue weighted by Gasteiger charge is 2.64. The van der Waals surface area contributed by atoms with Gasteiger partial charge in [-0.1, -0.05) is 0 Å².